The zero-order chi connectivity index (χ0) is 25.9. The summed E-state index contributed by atoms with van der Waals surface area (Å²) in [7, 11) is 0. The van der Waals surface area contributed by atoms with E-state index in [1.165, 1.54) is 17.0 Å². The lowest BCUT2D eigenvalue weighted by molar-refractivity contribution is -0.274. The minimum atomic E-state index is -4.85. The number of anilines is 1. The molecule has 0 bridgehead atoms. The summed E-state index contributed by atoms with van der Waals surface area (Å²) in [5, 5.41) is 3.23. The number of amides is 2. The Morgan fingerprint density at radius 2 is 1.89 bits per heavy atom. The van der Waals surface area contributed by atoms with Gasteiger partial charge in [0.25, 0.3) is 0 Å². The van der Waals surface area contributed by atoms with Gasteiger partial charge >= 0.3 is 12.3 Å². The van der Waals surface area contributed by atoms with Crippen LogP contribution in [0.5, 0.6) is 5.75 Å². The number of nitrogens with zero attached hydrogens (tertiary/aromatic N) is 2. The van der Waals surface area contributed by atoms with Gasteiger partial charge in [-0.15, -0.1) is 13.2 Å². The Morgan fingerprint density at radius 1 is 1.11 bits per heavy atom. The Hall–Kier alpha value is -4.02. The van der Waals surface area contributed by atoms with Crippen LogP contribution in [0.3, 0.4) is 0 Å². The number of nitrogens with one attached hydrogen (secondary N) is 1. The van der Waals surface area contributed by atoms with Crippen molar-refractivity contribution >= 4 is 34.4 Å². The van der Waals surface area contributed by atoms with E-state index in [0.717, 1.165) is 12.1 Å². The minimum Gasteiger partial charge on any atom is -0.462 e. The fourth-order valence-electron chi connectivity index (χ4n) is 4.32. The molecule has 8 nitrogen and oxygen atoms in total. The number of halogens is 3. The largest absolute Gasteiger partial charge is 0.573 e. The quantitative estimate of drug-likeness (QED) is 0.485. The topological polar surface area (TPSA) is 89.9 Å². The van der Waals surface area contributed by atoms with E-state index >= 15 is 0 Å². The van der Waals surface area contributed by atoms with Crippen LogP contribution in [0, 0.1) is 0 Å². The summed E-state index contributed by atoms with van der Waals surface area (Å²) >= 11 is 0. The molecule has 11 heteroatoms. The van der Waals surface area contributed by atoms with Crippen molar-refractivity contribution in [1.82, 2.24) is 9.47 Å². The number of aromatic nitrogens is 1. The molecule has 190 valence electrons. The van der Waals surface area contributed by atoms with E-state index in [1.54, 1.807) is 42.0 Å². The molecule has 1 saturated heterocycles. The third-order valence-corrected chi connectivity index (χ3v) is 5.80. The van der Waals surface area contributed by atoms with E-state index in [1.807, 2.05) is 0 Å². The average molecular weight is 503 g/mol. The van der Waals surface area contributed by atoms with Crippen LogP contribution in [-0.4, -0.2) is 52.8 Å². The number of rotatable bonds is 7. The minimum absolute atomic E-state index is 0.0986. The molecule has 1 fully saturated rings. The second-order valence-corrected chi connectivity index (χ2v) is 8.22. The van der Waals surface area contributed by atoms with Gasteiger partial charge in [0.05, 0.1) is 12.2 Å². The summed E-state index contributed by atoms with van der Waals surface area (Å²) in [5.74, 6) is -1.78. The molecule has 2 heterocycles. The lowest BCUT2D eigenvalue weighted by Gasteiger charge is -2.24. The van der Waals surface area contributed by atoms with Crippen LogP contribution in [-0.2, 0) is 20.9 Å². The van der Waals surface area contributed by atoms with E-state index in [-0.39, 0.29) is 24.7 Å². The van der Waals surface area contributed by atoms with Crippen LogP contribution >= 0.6 is 0 Å². The van der Waals surface area contributed by atoms with Gasteiger partial charge in [-0.3, -0.25) is 9.59 Å². The van der Waals surface area contributed by atoms with Gasteiger partial charge in [0.1, 0.15) is 18.3 Å². The number of esters is 1. The molecule has 0 saturated carbocycles. The van der Waals surface area contributed by atoms with Crippen molar-refractivity contribution in [2.24, 2.45) is 0 Å². The zero-order valence-electron chi connectivity index (χ0n) is 19.4. The smallest absolute Gasteiger partial charge is 0.462 e. The van der Waals surface area contributed by atoms with Gasteiger partial charge in [0.15, 0.2) is 0 Å². The molecule has 2 amide bonds. The number of alkyl halides is 3. The molecule has 4 rings (SSSR count). The van der Waals surface area contributed by atoms with Gasteiger partial charge in [0.2, 0.25) is 11.8 Å². The number of benzene rings is 2. The van der Waals surface area contributed by atoms with Gasteiger partial charge in [-0.2, -0.15) is 0 Å². The van der Waals surface area contributed by atoms with Gasteiger partial charge in [-0.1, -0.05) is 24.3 Å². The standard InChI is InChI=1S/C25H24F3N3O5/c1-2-35-24(34)19-14-30(20-10-4-3-9-18(19)20)15-22(32)31-12-6-11-21(31)23(33)29-16-7-5-8-17(13-16)36-25(26,27)28/h3-5,7-10,13-14,21H,2,6,11-12,15H2,1H3,(H,29,33)/t21-/m0/s1. The van der Waals surface area contributed by atoms with Crippen LogP contribution in [0.2, 0.25) is 0 Å². The monoisotopic (exact) mass is 503 g/mol. The third kappa shape index (κ3) is 5.61. The van der Waals surface area contributed by atoms with Crippen molar-refractivity contribution in [1.29, 1.82) is 0 Å². The Kier molecular flexibility index (Phi) is 7.18. The number of carbonyl (C=O) groups is 3. The predicted octanol–water partition coefficient (Wildman–Crippen LogP) is 4.35. The highest BCUT2D eigenvalue weighted by atomic mass is 19.4. The molecule has 1 aliphatic heterocycles. The molecular weight excluding hydrogens is 479 g/mol. The third-order valence-electron chi connectivity index (χ3n) is 5.80. The Bertz CT molecular complexity index is 1290. The molecule has 0 unspecified atom stereocenters. The van der Waals surface area contributed by atoms with Gasteiger partial charge < -0.3 is 24.3 Å². The lowest BCUT2D eigenvalue weighted by atomic mass is 10.2. The van der Waals surface area contributed by atoms with Crippen LogP contribution in [0.4, 0.5) is 18.9 Å². The van der Waals surface area contributed by atoms with E-state index in [2.05, 4.69) is 10.1 Å². The fraction of sp³-hybridized carbons (Fsp3) is 0.320. The molecule has 1 N–H and O–H groups in total. The molecule has 3 aromatic rings. The van der Waals surface area contributed by atoms with Crippen LogP contribution in [0.1, 0.15) is 30.1 Å². The number of likely N-dealkylation sites (tertiary alicyclic amines) is 1. The van der Waals surface area contributed by atoms with E-state index < -0.39 is 30.0 Å². The Balaban J connectivity index is 1.48. The highest BCUT2D eigenvalue weighted by Gasteiger charge is 2.35. The number of carbonyl (C=O) groups excluding carboxylic acids is 3. The number of hydrogen-bond donors (Lipinski definition) is 1. The zero-order valence-corrected chi connectivity index (χ0v) is 19.4. The number of para-hydroxylation sites is 1. The molecule has 1 aromatic heterocycles. The second kappa shape index (κ2) is 10.3. The Morgan fingerprint density at radius 3 is 2.64 bits per heavy atom. The molecule has 0 aliphatic carbocycles. The SMILES string of the molecule is CCOC(=O)c1cn(CC(=O)N2CCC[C@H]2C(=O)Nc2cccc(OC(F)(F)F)c2)c2ccccc12. The maximum atomic E-state index is 13.2. The molecule has 0 spiro atoms. The summed E-state index contributed by atoms with van der Waals surface area (Å²) in [6.07, 6.45) is -2.27. The summed E-state index contributed by atoms with van der Waals surface area (Å²) in [5.41, 5.74) is 1.14. The molecule has 1 atom stereocenters. The molecule has 2 aromatic carbocycles. The van der Waals surface area contributed by atoms with Crippen molar-refractivity contribution in [3.8, 4) is 5.75 Å². The summed E-state index contributed by atoms with van der Waals surface area (Å²) < 4.78 is 48.2. The van der Waals surface area contributed by atoms with Gasteiger partial charge in [-0.05, 0) is 38.0 Å². The molecule has 1 aliphatic rings. The van der Waals surface area contributed by atoms with Crippen LogP contribution in [0.15, 0.2) is 54.7 Å². The first-order valence-electron chi connectivity index (χ1n) is 11.4. The highest BCUT2D eigenvalue weighted by Crippen LogP contribution is 2.27. The first-order chi connectivity index (χ1) is 17.2. The van der Waals surface area contributed by atoms with E-state index in [0.29, 0.717) is 35.9 Å². The maximum absolute atomic E-state index is 13.2. The van der Waals surface area contributed by atoms with Crippen molar-refractivity contribution < 1.29 is 37.0 Å². The number of fused-ring (bicyclic) bond motifs is 1. The molecule has 0 radical (unpaired) electrons. The number of hydrogen-bond acceptors (Lipinski definition) is 5. The molecular formula is C25H24F3N3O5. The van der Waals surface area contributed by atoms with Crippen molar-refractivity contribution in [2.45, 2.75) is 38.7 Å². The normalized spacial score (nSPS) is 15.7. The van der Waals surface area contributed by atoms with Crippen molar-refractivity contribution in [3.63, 3.8) is 0 Å². The van der Waals surface area contributed by atoms with Crippen molar-refractivity contribution in [2.75, 3.05) is 18.5 Å². The summed E-state index contributed by atoms with van der Waals surface area (Å²) in [6.45, 7) is 2.18. The van der Waals surface area contributed by atoms with Crippen LogP contribution < -0.4 is 10.1 Å². The Labute approximate surface area is 204 Å². The van der Waals surface area contributed by atoms with Gasteiger partial charge in [0, 0.05) is 35.4 Å². The molecule has 36 heavy (non-hydrogen) atoms. The first kappa shape index (κ1) is 25.1. The van der Waals surface area contributed by atoms with E-state index in [9.17, 15) is 27.6 Å². The first-order valence-corrected chi connectivity index (χ1v) is 11.4. The summed E-state index contributed by atoms with van der Waals surface area (Å²) in [6, 6.07) is 11.3. The fourth-order valence-corrected chi connectivity index (χ4v) is 4.32. The average Bonchev–Trinajstić information content (AvgIpc) is 3.44. The predicted molar refractivity (Wildman–Crippen MR) is 124 cm³/mol. The number of ether oxygens (including phenoxy) is 2. The van der Waals surface area contributed by atoms with E-state index in [4.69, 9.17) is 4.74 Å². The summed E-state index contributed by atoms with van der Waals surface area (Å²) in [4.78, 5) is 39.9. The lowest BCUT2D eigenvalue weighted by Crippen LogP contribution is -2.44. The van der Waals surface area contributed by atoms with Crippen molar-refractivity contribution in [3.05, 3.63) is 60.3 Å². The highest BCUT2D eigenvalue weighted by molar-refractivity contribution is 6.05. The van der Waals surface area contributed by atoms with Gasteiger partial charge in [-0.25, -0.2) is 4.79 Å². The maximum Gasteiger partial charge on any atom is 0.573 e. The van der Waals surface area contributed by atoms with Crippen LogP contribution in [0.25, 0.3) is 10.9 Å². The second-order valence-electron chi connectivity index (χ2n) is 8.22.